The standard InChI is InChI=1S/C16H28N2O2/c1-10(2)8-12-15(20)18(9-11-6-7-11)13(14(19)17-12)16(3,4)5/h10-13H,6-9H2,1-5H3,(H,17,19). The molecule has 0 aromatic heterocycles. The highest BCUT2D eigenvalue weighted by Crippen LogP contribution is 2.35. The number of hydrogen-bond donors (Lipinski definition) is 1. The number of carbonyl (C=O) groups is 2. The molecular formula is C16H28N2O2. The molecule has 1 saturated carbocycles. The summed E-state index contributed by atoms with van der Waals surface area (Å²) < 4.78 is 0. The summed E-state index contributed by atoms with van der Waals surface area (Å²) in [6.07, 6.45) is 3.11. The number of nitrogens with one attached hydrogen (secondary N) is 1. The second kappa shape index (κ2) is 5.38. The third kappa shape index (κ3) is 3.33. The Balaban J connectivity index is 2.21. The zero-order chi connectivity index (χ0) is 15.1. The number of amides is 2. The van der Waals surface area contributed by atoms with Crippen LogP contribution in [-0.2, 0) is 9.59 Å². The van der Waals surface area contributed by atoms with E-state index in [4.69, 9.17) is 0 Å². The molecule has 0 radical (unpaired) electrons. The molecule has 2 unspecified atom stereocenters. The lowest BCUT2D eigenvalue weighted by atomic mass is 9.82. The predicted octanol–water partition coefficient (Wildman–Crippen LogP) is 2.18. The fourth-order valence-electron chi connectivity index (χ4n) is 3.05. The van der Waals surface area contributed by atoms with Crippen LogP contribution in [-0.4, -0.2) is 35.3 Å². The lowest BCUT2D eigenvalue weighted by molar-refractivity contribution is -0.154. The van der Waals surface area contributed by atoms with Gasteiger partial charge in [0, 0.05) is 6.54 Å². The van der Waals surface area contributed by atoms with Gasteiger partial charge in [-0.25, -0.2) is 0 Å². The zero-order valence-electron chi connectivity index (χ0n) is 13.4. The van der Waals surface area contributed by atoms with E-state index in [0.29, 0.717) is 11.8 Å². The van der Waals surface area contributed by atoms with E-state index in [1.165, 1.54) is 12.8 Å². The van der Waals surface area contributed by atoms with Crippen molar-refractivity contribution < 1.29 is 9.59 Å². The van der Waals surface area contributed by atoms with Crippen molar-refractivity contribution in [2.45, 2.75) is 66.0 Å². The van der Waals surface area contributed by atoms with E-state index in [9.17, 15) is 9.59 Å². The van der Waals surface area contributed by atoms with Crippen molar-refractivity contribution in [1.82, 2.24) is 10.2 Å². The first-order valence-corrected chi connectivity index (χ1v) is 7.81. The molecule has 0 spiro atoms. The Labute approximate surface area is 122 Å². The monoisotopic (exact) mass is 280 g/mol. The van der Waals surface area contributed by atoms with Crippen molar-refractivity contribution in [2.75, 3.05) is 6.54 Å². The molecule has 1 aliphatic heterocycles. The topological polar surface area (TPSA) is 49.4 Å². The van der Waals surface area contributed by atoms with Crippen molar-refractivity contribution in [2.24, 2.45) is 17.3 Å². The van der Waals surface area contributed by atoms with Crippen LogP contribution in [0, 0.1) is 17.3 Å². The minimum Gasteiger partial charge on any atom is -0.342 e. The van der Waals surface area contributed by atoms with E-state index in [1.54, 1.807) is 0 Å². The number of carbonyl (C=O) groups excluding carboxylic acids is 2. The van der Waals surface area contributed by atoms with Crippen molar-refractivity contribution in [3.8, 4) is 0 Å². The second-order valence-electron chi connectivity index (χ2n) is 7.89. The lowest BCUT2D eigenvalue weighted by Crippen LogP contribution is -2.67. The molecule has 0 aromatic carbocycles. The second-order valence-corrected chi connectivity index (χ2v) is 7.89. The van der Waals surface area contributed by atoms with Crippen molar-refractivity contribution in [3.63, 3.8) is 0 Å². The molecule has 1 heterocycles. The maximum absolute atomic E-state index is 12.7. The molecule has 2 amide bonds. The first-order chi connectivity index (χ1) is 9.20. The number of piperazine rings is 1. The molecule has 2 fully saturated rings. The van der Waals surface area contributed by atoms with Crippen LogP contribution >= 0.6 is 0 Å². The van der Waals surface area contributed by atoms with Gasteiger partial charge < -0.3 is 10.2 Å². The smallest absolute Gasteiger partial charge is 0.245 e. The van der Waals surface area contributed by atoms with E-state index in [0.717, 1.165) is 13.0 Å². The third-order valence-electron chi connectivity index (χ3n) is 4.14. The molecule has 20 heavy (non-hydrogen) atoms. The highest BCUT2D eigenvalue weighted by Gasteiger charge is 2.47. The van der Waals surface area contributed by atoms with Crippen LogP contribution in [0.5, 0.6) is 0 Å². The summed E-state index contributed by atoms with van der Waals surface area (Å²) in [4.78, 5) is 27.1. The SMILES string of the molecule is CC(C)CC1NC(=O)C(C(C)(C)C)N(CC2CC2)C1=O. The van der Waals surface area contributed by atoms with Gasteiger partial charge in [0.05, 0.1) is 0 Å². The van der Waals surface area contributed by atoms with Crippen molar-refractivity contribution >= 4 is 11.8 Å². The Hall–Kier alpha value is -1.06. The van der Waals surface area contributed by atoms with E-state index in [2.05, 4.69) is 19.2 Å². The van der Waals surface area contributed by atoms with Gasteiger partial charge in [-0.3, -0.25) is 9.59 Å². The Bertz CT molecular complexity index is 394. The largest absolute Gasteiger partial charge is 0.342 e. The number of rotatable bonds is 4. The van der Waals surface area contributed by atoms with E-state index in [1.807, 2.05) is 25.7 Å². The van der Waals surface area contributed by atoms with Gasteiger partial charge in [0.2, 0.25) is 11.8 Å². The fourth-order valence-corrected chi connectivity index (χ4v) is 3.05. The molecule has 1 aliphatic carbocycles. The molecule has 2 aliphatic rings. The van der Waals surface area contributed by atoms with Crippen molar-refractivity contribution in [3.05, 3.63) is 0 Å². The molecule has 4 nitrogen and oxygen atoms in total. The minimum atomic E-state index is -0.334. The van der Waals surface area contributed by atoms with Crippen LogP contribution < -0.4 is 5.32 Å². The highest BCUT2D eigenvalue weighted by atomic mass is 16.2. The Morgan fingerprint density at radius 2 is 1.85 bits per heavy atom. The average Bonchev–Trinajstić information content (AvgIpc) is 3.06. The molecule has 1 N–H and O–H groups in total. The normalized spacial score (nSPS) is 28.0. The first-order valence-electron chi connectivity index (χ1n) is 7.81. The van der Waals surface area contributed by atoms with Crippen LogP contribution in [0.4, 0.5) is 0 Å². The summed E-state index contributed by atoms with van der Waals surface area (Å²) in [5, 5.41) is 2.95. The van der Waals surface area contributed by atoms with Crippen molar-refractivity contribution in [1.29, 1.82) is 0 Å². The van der Waals surface area contributed by atoms with Gasteiger partial charge in [-0.15, -0.1) is 0 Å². The fraction of sp³-hybridized carbons (Fsp3) is 0.875. The number of nitrogens with zero attached hydrogens (tertiary/aromatic N) is 1. The molecule has 0 bridgehead atoms. The maximum Gasteiger partial charge on any atom is 0.245 e. The van der Waals surface area contributed by atoms with Crippen LogP contribution in [0.3, 0.4) is 0 Å². The van der Waals surface area contributed by atoms with Gasteiger partial charge in [-0.1, -0.05) is 34.6 Å². The zero-order valence-corrected chi connectivity index (χ0v) is 13.4. The van der Waals surface area contributed by atoms with E-state index in [-0.39, 0.29) is 29.3 Å². The van der Waals surface area contributed by atoms with Gasteiger partial charge in [-0.05, 0) is 36.5 Å². The Morgan fingerprint density at radius 1 is 1.25 bits per heavy atom. The van der Waals surface area contributed by atoms with Crippen LogP contribution in [0.15, 0.2) is 0 Å². The lowest BCUT2D eigenvalue weighted by Gasteiger charge is -2.45. The quantitative estimate of drug-likeness (QED) is 0.858. The van der Waals surface area contributed by atoms with Gasteiger partial charge >= 0.3 is 0 Å². The van der Waals surface area contributed by atoms with Crippen LogP contribution in [0.1, 0.15) is 53.9 Å². The van der Waals surface area contributed by atoms with Gasteiger partial charge in [0.25, 0.3) is 0 Å². The summed E-state index contributed by atoms with van der Waals surface area (Å²) in [5.74, 6) is 1.14. The first kappa shape index (κ1) is 15.3. The average molecular weight is 280 g/mol. The summed E-state index contributed by atoms with van der Waals surface area (Å²) >= 11 is 0. The summed E-state index contributed by atoms with van der Waals surface area (Å²) in [6, 6.07) is -0.668. The predicted molar refractivity (Wildman–Crippen MR) is 79.1 cm³/mol. The van der Waals surface area contributed by atoms with E-state index >= 15 is 0 Å². The minimum absolute atomic E-state index is 0.0170. The van der Waals surface area contributed by atoms with Crippen LogP contribution in [0.2, 0.25) is 0 Å². The molecular weight excluding hydrogens is 252 g/mol. The van der Waals surface area contributed by atoms with Gasteiger partial charge in [0.15, 0.2) is 0 Å². The summed E-state index contributed by atoms with van der Waals surface area (Å²) in [7, 11) is 0. The Morgan fingerprint density at radius 3 is 2.30 bits per heavy atom. The summed E-state index contributed by atoms with van der Waals surface area (Å²) in [5.41, 5.74) is -0.225. The van der Waals surface area contributed by atoms with Gasteiger partial charge in [0.1, 0.15) is 12.1 Å². The highest BCUT2D eigenvalue weighted by molar-refractivity contribution is 5.97. The maximum atomic E-state index is 12.7. The Kier molecular flexibility index (Phi) is 4.12. The molecule has 0 aromatic rings. The number of hydrogen-bond acceptors (Lipinski definition) is 2. The molecule has 4 heteroatoms. The molecule has 2 atom stereocenters. The molecule has 114 valence electrons. The summed E-state index contributed by atoms with van der Waals surface area (Å²) in [6.45, 7) is 11.0. The molecule has 1 saturated heterocycles. The van der Waals surface area contributed by atoms with Gasteiger partial charge in [-0.2, -0.15) is 0 Å². The molecule has 2 rings (SSSR count). The van der Waals surface area contributed by atoms with Crippen LogP contribution in [0.25, 0.3) is 0 Å². The third-order valence-corrected chi connectivity index (χ3v) is 4.14. The van der Waals surface area contributed by atoms with E-state index < -0.39 is 0 Å².